The summed E-state index contributed by atoms with van der Waals surface area (Å²) in [5, 5.41) is 39.7. The summed E-state index contributed by atoms with van der Waals surface area (Å²) < 4.78 is 11.4. The molecule has 1 fully saturated rings. The van der Waals surface area contributed by atoms with Crippen molar-refractivity contribution in [3.05, 3.63) is 154 Å². The number of carbonyl (C=O) groups excluding carboxylic acids is 1. The van der Waals surface area contributed by atoms with Gasteiger partial charge in [-0.3, -0.25) is 4.79 Å². The van der Waals surface area contributed by atoms with E-state index >= 15 is 0 Å². The largest absolute Gasteiger partial charge is 0.394 e. The standard InChI is InChI=1S/C46H62O7/c1-32(17-11-12-18-33(2)20-15-24-36(5)26-28-38-37(6)27-29-40(48)46(38,9)10)19-13-21-34(3)22-14-23-35(4)25-16-30-45(7,8)53-44-43(51)42(50)41(49)39(31-47)52-44/h11-29,39,41-44,47,49-51H,30-31H2,1-10H3. The predicted octanol–water partition coefficient (Wildman–Crippen LogP) is 8.52. The van der Waals surface area contributed by atoms with Crippen LogP contribution < -0.4 is 0 Å². The lowest BCUT2D eigenvalue weighted by Gasteiger charge is -2.42. The molecule has 1 aliphatic carbocycles. The van der Waals surface area contributed by atoms with E-state index in [0.29, 0.717) is 6.42 Å². The number of aliphatic hydroxyl groups is 4. The van der Waals surface area contributed by atoms with Crippen LogP contribution in [-0.2, 0) is 14.3 Å². The fourth-order valence-electron chi connectivity index (χ4n) is 5.48. The Kier molecular flexibility index (Phi) is 18.5. The topological polar surface area (TPSA) is 116 Å². The molecule has 1 heterocycles. The number of rotatable bonds is 16. The number of allylic oxidation sites excluding steroid dienone is 25. The van der Waals surface area contributed by atoms with Crippen LogP contribution in [0.5, 0.6) is 0 Å². The first-order valence-corrected chi connectivity index (χ1v) is 18.2. The number of carbonyl (C=O) groups is 1. The third-order valence-electron chi connectivity index (χ3n) is 8.97. The second-order valence-corrected chi connectivity index (χ2v) is 14.9. The van der Waals surface area contributed by atoms with Gasteiger partial charge in [0.25, 0.3) is 0 Å². The Hall–Kier alpha value is -3.95. The summed E-state index contributed by atoms with van der Waals surface area (Å²) in [6, 6.07) is 0. The van der Waals surface area contributed by atoms with Crippen LogP contribution in [0.25, 0.3) is 0 Å². The molecule has 1 saturated heterocycles. The summed E-state index contributed by atoms with van der Waals surface area (Å²) >= 11 is 0. The van der Waals surface area contributed by atoms with Crippen molar-refractivity contribution < 1.29 is 34.7 Å². The summed E-state index contributed by atoms with van der Waals surface area (Å²) in [7, 11) is 0. The van der Waals surface area contributed by atoms with Crippen LogP contribution >= 0.6 is 0 Å². The van der Waals surface area contributed by atoms with E-state index < -0.39 is 48.3 Å². The van der Waals surface area contributed by atoms with E-state index in [1.54, 1.807) is 6.08 Å². The smallest absolute Gasteiger partial charge is 0.187 e. The summed E-state index contributed by atoms with van der Waals surface area (Å²) in [6.45, 7) is 19.4. The monoisotopic (exact) mass is 726 g/mol. The molecule has 0 bridgehead atoms. The maximum Gasteiger partial charge on any atom is 0.187 e. The first kappa shape index (κ1) is 45.2. The SMILES string of the molecule is CC(C=CC=C(C)C=CC=C(C)C=CCC(C)(C)OC1OC(CO)C(O)C(O)C1O)=CC=CC=C(C)C=CC=C(C)C=CC1=C(C)C=CC(=O)C1(C)C. The van der Waals surface area contributed by atoms with Gasteiger partial charge in [-0.1, -0.05) is 137 Å². The van der Waals surface area contributed by atoms with Crippen molar-refractivity contribution in [2.45, 2.75) is 112 Å². The van der Waals surface area contributed by atoms with Crippen LogP contribution in [0.15, 0.2) is 154 Å². The van der Waals surface area contributed by atoms with E-state index in [4.69, 9.17) is 9.47 Å². The zero-order valence-corrected chi connectivity index (χ0v) is 33.3. The molecule has 0 aromatic rings. The lowest BCUT2D eigenvalue weighted by atomic mass is 9.74. The van der Waals surface area contributed by atoms with E-state index in [2.05, 4.69) is 69.4 Å². The molecule has 5 atom stereocenters. The lowest BCUT2D eigenvalue weighted by molar-refractivity contribution is -0.322. The van der Waals surface area contributed by atoms with E-state index in [-0.39, 0.29) is 5.78 Å². The summed E-state index contributed by atoms with van der Waals surface area (Å²) in [6.07, 6.45) is 32.2. The molecule has 53 heavy (non-hydrogen) atoms. The average Bonchev–Trinajstić information content (AvgIpc) is 3.08. The number of hydrogen-bond acceptors (Lipinski definition) is 7. The third-order valence-corrected chi connectivity index (χ3v) is 8.97. The van der Waals surface area contributed by atoms with Crippen LogP contribution in [0.3, 0.4) is 0 Å². The molecule has 0 aromatic heterocycles. The van der Waals surface area contributed by atoms with Crippen molar-refractivity contribution in [3.63, 3.8) is 0 Å². The van der Waals surface area contributed by atoms with Gasteiger partial charge in [-0.25, -0.2) is 0 Å². The molecule has 7 heteroatoms. The number of aliphatic hydroxyl groups excluding tert-OH is 4. The fraction of sp³-hybridized carbons (Fsp3) is 0.413. The van der Waals surface area contributed by atoms with E-state index in [1.807, 2.05) is 109 Å². The molecule has 4 N–H and O–H groups in total. The van der Waals surface area contributed by atoms with Gasteiger partial charge in [-0.05, 0) is 92.9 Å². The summed E-state index contributed by atoms with van der Waals surface area (Å²) in [5.41, 5.74) is 6.46. The Labute approximate surface area is 318 Å². The van der Waals surface area contributed by atoms with Gasteiger partial charge in [0.2, 0.25) is 0 Å². The highest BCUT2D eigenvalue weighted by molar-refractivity contribution is 5.99. The highest BCUT2D eigenvalue weighted by Gasteiger charge is 2.45. The second-order valence-electron chi connectivity index (χ2n) is 14.9. The van der Waals surface area contributed by atoms with E-state index in [9.17, 15) is 25.2 Å². The van der Waals surface area contributed by atoms with Gasteiger partial charge in [0.05, 0.1) is 17.6 Å². The molecular formula is C46H62O7. The first-order valence-electron chi connectivity index (χ1n) is 18.2. The molecule has 0 aromatic carbocycles. The molecule has 2 rings (SSSR count). The molecular weight excluding hydrogens is 664 g/mol. The minimum absolute atomic E-state index is 0.132. The van der Waals surface area contributed by atoms with Crippen LogP contribution in [0, 0.1) is 5.41 Å². The zero-order valence-electron chi connectivity index (χ0n) is 33.3. The van der Waals surface area contributed by atoms with Gasteiger partial charge in [0, 0.05) is 0 Å². The minimum atomic E-state index is -1.47. The average molecular weight is 727 g/mol. The van der Waals surface area contributed by atoms with Crippen molar-refractivity contribution in [2.24, 2.45) is 5.41 Å². The quantitative estimate of drug-likeness (QED) is 0.118. The van der Waals surface area contributed by atoms with Gasteiger partial charge in [0.1, 0.15) is 24.4 Å². The van der Waals surface area contributed by atoms with Crippen LogP contribution in [0.4, 0.5) is 0 Å². The lowest BCUT2D eigenvalue weighted by Crippen LogP contribution is -2.60. The summed E-state index contributed by atoms with van der Waals surface area (Å²) in [4.78, 5) is 12.3. The molecule has 0 saturated carbocycles. The Morgan fingerprint density at radius 1 is 0.736 bits per heavy atom. The highest BCUT2D eigenvalue weighted by atomic mass is 16.7. The second kappa shape index (κ2) is 21.7. The van der Waals surface area contributed by atoms with Crippen LogP contribution in [0.1, 0.15) is 75.7 Å². The molecule has 5 unspecified atom stereocenters. The van der Waals surface area contributed by atoms with Crippen LogP contribution in [-0.4, -0.2) is 69.1 Å². The van der Waals surface area contributed by atoms with Crippen molar-refractivity contribution in [2.75, 3.05) is 6.61 Å². The van der Waals surface area contributed by atoms with Gasteiger partial charge in [0.15, 0.2) is 12.1 Å². The Morgan fingerprint density at radius 3 is 1.72 bits per heavy atom. The fourth-order valence-corrected chi connectivity index (χ4v) is 5.48. The first-order chi connectivity index (χ1) is 24.9. The normalized spacial score (nSPS) is 26.0. The van der Waals surface area contributed by atoms with Gasteiger partial charge < -0.3 is 29.9 Å². The molecule has 2 aliphatic rings. The molecule has 0 radical (unpaired) electrons. The Bertz CT molecular complexity index is 1660. The van der Waals surface area contributed by atoms with Crippen molar-refractivity contribution in [1.82, 2.24) is 0 Å². The number of ketones is 1. The Morgan fingerprint density at radius 2 is 1.21 bits per heavy atom. The molecule has 0 spiro atoms. The van der Waals surface area contributed by atoms with E-state index in [1.165, 1.54) is 0 Å². The van der Waals surface area contributed by atoms with Crippen LogP contribution in [0.2, 0.25) is 0 Å². The molecule has 7 nitrogen and oxygen atoms in total. The van der Waals surface area contributed by atoms with E-state index in [0.717, 1.165) is 39.0 Å². The minimum Gasteiger partial charge on any atom is -0.394 e. The third kappa shape index (κ3) is 15.5. The van der Waals surface area contributed by atoms with Crippen molar-refractivity contribution >= 4 is 5.78 Å². The maximum atomic E-state index is 12.3. The molecule has 0 amide bonds. The van der Waals surface area contributed by atoms with Crippen molar-refractivity contribution in [1.29, 1.82) is 0 Å². The molecule has 1 aliphatic heterocycles. The van der Waals surface area contributed by atoms with Gasteiger partial charge >= 0.3 is 0 Å². The van der Waals surface area contributed by atoms with Gasteiger partial charge in [-0.2, -0.15) is 0 Å². The molecule has 288 valence electrons. The number of ether oxygens (including phenoxy) is 2. The van der Waals surface area contributed by atoms with Crippen molar-refractivity contribution in [3.8, 4) is 0 Å². The maximum absolute atomic E-state index is 12.3. The summed E-state index contributed by atoms with van der Waals surface area (Å²) in [5.74, 6) is 0.132. The zero-order chi connectivity index (χ0) is 39.8. The van der Waals surface area contributed by atoms with Gasteiger partial charge in [-0.15, -0.1) is 0 Å². The highest BCUT2D eigenvalue weighted by Crippen LogP contribution is 2.35. The Balaban J connectivity index is 1.83. The number of hydrogen-bond donors (Lipinski definition) is 4. The predicted molar refractivity (Wildman–Crippen MR) is 218 cm³/mol.